The van der Waals surface area contributed by atoms with Crippen molar-refractivity contribution in [2.45, 2.75) is 19.8 Å². The zero-order chi connectivity index (χ0) is 11.7. The van der Waals surface area contributed by atoms with Crippen LogP contribution < -0.4 is 0 Å². The molecule has 0 radical (unpaired) electrons. The second-order valence-corrected chi connectivity index (χ2v) is 2.94. The largest absolute Gasteiger partial charge is 0.469 e. The Morgan fingerprint density at radius 3 is 2.53 bits per heavy atom. The normalized spacial score (nSPS) is 12.2. The molecule has 84 valence electrons. The fraction of sp³-hybridized carbons (Fsp3) is 0.364. The third kappa shape index (κ3) is 6.49. The molecule has 0 aliphatic carbocycles. The van der Waals surface area contributed by atoms with Crippen molar-refractivity contribution in [2.75, 3.05) is 7.11 Å². The molecule has 0 N–H and O–H groups in total. The van der Waals surface area contributed by atoms with Crippen molar-refractivity contribution in [3.63, 3.8) is 0 Å². The van der Waals surface area contributed by atoms with Crippen molar-refractivity contribution in [1.29, 1.82) is 0 Å². The van der Waals surface area contributed by atoms with E-state index in [1.54, 1.807) is 6.08 Å². The number of halogens is 1. The van der Waals surface area contributed by atoms with E-state index in [9.17, 15) is 9.32 Å². The summed E-state index contributed by atoms with van der Waals surface area (Å²) in [6.45, 7) is 5.19. The van der Waals surface area contributed by atoms with Crippen molar-refractivity contribution in [2.24, 2.45) is 0 Å². The quantitative estimate of drug-likeness (QED) is 0.387. The molecule has 0 unspecified atom stereocenters. The topological polar surface area (TPSA) is 35.5 Å². The van der Waals surface area contributed by atoms with Gasteiger partial charge in [0.2, 0.25) is 0 Å². The predicted molar refractivity (Wildman–Crippen MR) is 55.5 cm³/mol. The first-order valence-corrected chi connectivity index (χ1v) is 4.49. The van der Waals surface area contributed by atoms with Crippen LogP contribution in [0.2, 0.25) is 0 Å². The van der Waals surface area contributed by atoms with Crippen molar-refractivity contribution in [1.82, 2.24) is 0 Å². The first kappa shape index (κ1) is 13.4. The number of rotatable bonds is 6. The maximum Gasteiger partial charge on any atom is 0.305 e. The molecule has 0 amide bonds. The highest BCUT2D eigenvalue weighted by molar-refractivity contribution is 5.69. The highest BCUT2D eigenvalue weighted by Gasteiger charge is 1.99. The van der Waals surface area contributed by atoms with Gasteiger partial charge in [0, 0.05) is 10.9 Å². The Bertz CT molecular complexity index is 280. The summed E-state index contributed by atoms with van der Waals surface area (Å²) in [4.78, 5) is 14.3. The summed E-state index contributed by atoms with van der Waals surface area (Å²) >= 11 is 0. The van der Waals surface area contributed by atoms with Crippen LogP contribution in [0.5, 0.6) is 0 Å². The second-order valence-electron chi connectivity index (χ2n) is 2.94. The van der Waals surface area contributed by atoms with Gasteiger partial charge in [-0.25, -0.2) is 0 Å². The standard InChI is InChI=1S/C11H15FO3/c1-4-10(15-12)7-5-9(2)6-8-11(13)14-3/h4-5,7H,1,6,8H2,2-3H3/b9-5+,10-7+. The molecule has 0 bridgehead atoms. The summed E-state index contributed by atoms with van der Waals surface area (Å²) in [7, 11) is 1.34. The molecule has 0 aliphatic heterocycles. The van der Waals surface area contributed by atoms with E-state index in [1.165, 1.54) is 19.3 Å². The molecule has 0 atom stereocenters. The van der Waals surface area contributed by atoms with E-state index in [0.717, 1.165) is 5.57 Å². The lowest BCUT2D eigenvalue weighted by atomic mass is 10.1. The van der Waals surface area contributed by atoms with Crippen LogP contribution in [0.3, 0.4) is 0 Å². The lowest BCUT2D eigenvalue weighted by Gasteiger charge is -1.99. The second kappa shape index (κ2) is 7.79. The lowest BCUT2D eigenvalue weighted by Crippen LogP contribution is -1.99. The van der Waals surface area contributed by atoms with Crippen molar-refractivity contribution in [3.8, 4) is 0 Å². The van der Waals surface area contributed by atoms with Gasteiger partial charge in [-0.1, -0.05) is 18.2 Å². The van der Waals surface area contributed by atoms with Gasteiger partial charge in [0.15, 0.2) is 5.76 Å². The molecule has 4 heteroatoms. The number of hydrogen-bond acceptors (Lipinski definition) is 3. The van der Waals surface area contributed by atoms with Crippen LogP contribution in [0.25, 0.3) is 0 Å². The number of hydrogen-bond donors (Lipinski definition) is 0. The average Bonchev–Trinajstić information content (AvgIpc) is 2.27. The first-order valence-electron chi connectivity index (χ1n) is 4.49. The van der Waals surface area contributed by atoms with E-state index in [0.29, 0.717) is 12.8 Å². The minimum absolute atomic E-state index is 0.0346. The number of carbonyl (C=O) groups is 1. The van der Waals surface area contributed by atoms with E-state index in [-0.39, 0.29) is 11.7 Å². The van der Waals surface area contributed by atoms with Crippen LogP contribution in [-0.2, 0) is 14.5 Å². The molecule has 0 saturated carbocycles. The molecular formula is C11H15FO3. The third-order valence-electron chi connectivity index (χ3n) is 1.77. The Morgan fingerprint density at radius 1 is 1.40 bits per heavy atom. The van der Waals surface area contributed by atoms with E-state index < -0.39 is 0 Å². The maximum absolute atomic E-state index is 11.7. The molecule has 0 heterocycles. The van der Waals surface area contributed by atoms with Gasteiger partial charge >= 0.3 is 5.97 Å². The summed E-state index contributed by atoms with van der Waals surface area (Å²) in [6, 6.07) is 0. The molecule has 0 aromatic rings. The van der Waals surface area contributed by atoms with Gasteiger partial charge in [-0.15, -0.1) is 0 Å². The van der Waals surface area contributed by atoms with Gasteiger partial charge in [0.05, 0.1) is 7.11 Å². The monoisotopic (exact) mass is 214 g/mol. The van der Waals surface area contributed by atoms with Gasteiger partial charge in [-0.05, 0) is 25.5 Å². The SMILES string of the molecule is C=C/C(=C\C=C(/C)CCC(=O)OC)OF. The minimum Gasteiger partial charge on any atom is -0.469 e. The zero-order valence-corrected chi connectivity index (χ0v) is 8.96. The highest BCUT2D eigenvalue weighted by atomic mass is 19.3. The van der Waals surface area contributed by atoms with E-state index in [4.69, 9.17) is 0 Å². The smallest absolute Gasteiger partial charge is 0.305 e. The Morgan fingerprint density at radius 2 is 2.07 bits per heavy atom. The number of allylic oxidation sites excluding steroid dienone is 4. The molecule has 0 aromatic carbocycles. The molecule has 0 aromatic heterocycles. The summed E-state index contributed by atoms with van der Waals surface area (Å²) in [6.07, 6.45) is 5.25. The van der Waals surface area contributed by atoms with Crippen LogP contribution >= 0.6 is 0 Å². The van der Waals surface area contributed by atoms with Crippen LogP contribution in [0.4, 0.5) is 4.53 Å². The van der Waals surface area contributed by atoms with Crippen LogP contribution in [-0.4, -0.2) is 13.1 Å². The van der Waals surface area contributed by atoms with Crippen molar-refractivity contribution < 1.29 is 19.0 Å². The van der Waals surface area contributed by atoms with Gasteiger partial charge in [0.25, 0.3) is 0 Å². The van der Waals surface area contributed by atoms with Gasteiger partial charge in [-0.3, -0.25) is 9.74 Å². The van der Waals surface area contributed by atoms with Crippen LogP contribution in [0, 0.1) is 0 Å². The van der Waals surface area contributed by atoms with Crippen molar-refractivity contribution in [3.05, 3.63) is 36.1 Å². The van der Waals surface area contributed by atoms with Gasteiger partial charge < -0.3 is 4.74 Å². The highest BCUT2D eigenvalue weighted by Crippen LogP contribution is 2.07. The summed E-state index contributed by atoms with van der Waals surface area (Å²) < 4.78 is 16.2. The fourth-order valence-corrected chi connectivity index (χ4v) is 0.834. The molecule has 0 saturated heterocycles. The predicted octanol–water partition coefficient (Wildman–Crippen LogP) is 2.86. The molecule has 0 aliphatic rings. The van der Waals surface area contributed by atoms with Crippen LogP contribution in [0.15, 0.2) is 36.1 Å². The Hall–Kier alpha value is -1.58. The Balaban J connectivity index is 4.14. The molecule has 0 fully saturated rings. The summed E-state index contributed by atoms with van der Waals surface area (Å²) in [5.41, 5.74) is 0.928. The molecule has 0 rings (SSSR count). The molecule has 0 spiro atoms. The number of esters is 1. The third-order valence-corrected chi connectivity index (χ3v) is 1.77. The number of methoxy groups -OCH3 is 1. The summed E-state index contributed by atoms with van der Waals surface area (Å²) in [5.74, 6) is -0.232. The molecule has 15 heavy (non-hydrogen) atoms. The van der Waals surface area contributed by atoms with E-state index >= 15 is 0 Å². The van der Waals surface area contributed by atoms with E-state index in [2.05, 4.69) is 16.3 Å². The fourth-order valence-electron chi connectivity index (χ4n) is 0.834. The maximum atomic E-state index is 11.7. The average molecular weight is 214 g/mol. The minimum atomic E-state index is -0.266. The van der Waals surface area contributed by atoms with Gasteiger partial charge in [0.1, 0.15) is 0 Å². The zero-order valence-electron chi connectivity index (χ0n) is 8.96. The summed E-state index contributed by atoms with van der Waals surface area (Å²) in [5, 5.41) is 0. The number of ether oxygens (including phenoxy) is 1. The van der Waals surface area contributed by atoms with Gasteiger partial charge in [-0.2, -0.15) is 0 Å². The number of carbonyl (C=O) groups excluding carboxylic acids is 1. The first-order chi connectivity index (χ1) is 7.13. The molecular weight excluding hydrogens is 199 g/mol. The Labute approximate surface area is 88.8 Å². The lowest BCUT2D eigenvalue weighted by molar-refractivity contribution is -0.140. The van der Waals surface area contributed by atoms with E-state index in [1.807, 2.05) is 6.92 Å². The van der Waals surface area contributed by atoms with Crippen molar-refractivity contribution >= 4 is 5.97 Å². The van der Waals surface area contributed by atoms with Crippen LogP contribution in [0.1, 0.15) is 19.8 Å². The Kier molecular flexibility index (Phi) is 6.97. The molecule has 3 nitrogen and oxygen atoms in total.